The van der Waals surface area contributed by atoms with Crippen molar-refractivity contribution in [2.75, 3.05) is 25.1 Å². The van der Waals surface area contributed by atoms with Gasteiger partial charge in [-0.3, -0.25) is 15.2 Å². The third-order valence-corrected chi connectivity index (χ3v) is 6.40. The highest BCUT2D eigenvalue weighted by Crippen LogP contribution is 2.21. The Morgan fingerprint density at radius 2 is 1.61 bits per heavy atom. The van der Waals surface area contributed by atoms with Crippen LogP contribution in [0, 0.1) is 5.92 Å². The second-order valence-electron chi connectivity index (χ2n) is 6.80. The molecule has 1 amide bonds. The smallest absolute Gasteiger partial charge is 0.241 e. The summed E-state index contributed by atoms with van der Waals surface area (Å²) in [6, 6.07) is 18.9. The predicted octanol–water partition coefficient (Wildman–Crippen LogP) is 2.87. The zero-order chi connectivity index (χ0) is 20.0. The quantitative estimate of drug-likeness (QED) is 0.759. The van der Waals surface area contributed by atoms with Crippen molar-refractivity contribution in [1.29, 1.82) is 0 Å². The van der Waals surface area contributed by atoms with Gasteiger partial charge in [0, 0.05) is 31.5 Å². The summed E-state index contributed by atoms with van der Waals surface area (Å²) in [5, 5.41) is 2.93. The molecule has 1 fully saturated rings. The Balaban J connectivity index is 1.53. The molecule has 6 nitrogen and oxygen atoms in total. The number of carbonyl (C=O) groups is 1. The van der Waals surface area contributed by atoms with E-state index in [0.717, 1.165) is 11.3 Å². The van der Waals surface area contributed by atoms with Crippen LogP contribution >= 0.6 is 0 Å². The maximum absolute atomic E-state index is 12.5. The van der Waals surface area contributed by atoms with Crippen LogP contribution < -0.4 is 10.4 Å². The Kier molecular flexibility index (Phi) is 6.49. The maximum Gasteiger partial charge on any atom is 0.241 e. The molecule has 7 heteroatoms. The normalized spacial score (nSPS) is 16.2. The van der Waals surface area contributed by atoms with Crippen molar-refractivity contribution in [1.82, 2.24) is 9.73 Å². The summed E-state index contributed by atoms with van der Waals surface area (Å²) in [6.45, 7) is 0.684. The number of nitrogens with zero attached hydrogens (tertiary/aromatic N) is 2. The fraction of sp³-hybridized carbons (Fsp3) is 0.286. The number of benzene rings is 2. The number of rotatable bonds is 6. The highest BCUT2D eigenvalue weighted by Gasteiger charge is 2.30. The van der Waals surface area contributed by atoms with Crippen molar-refractivity contribution >= 4 is 27.7 Å². The molecule has 28 heavy (non-hydrogen) atoms. The Labute approximate surface area is 166 Å². The van der Waals surface area contributed by atoms with Crippen LogP contribution in [0.25, 0.3) is 6.08 Å². The minimum Gasteiger partial charge on any atom is -0.289 e. The van der Waals surface area contributed by atoms with E-state index >= 15 is 0 Å². The molecule has 1 N–H and O–H groups in total. The summed E-state index contributed by atoms with van der Waals surface area (Å²) in [6.07, 6.45) is 2.61. The van der Waals surface area contributed by atoms with Gasteiger partial charge < -0.3 is 0 Å². The van der Waals surface area contributed by atoms with Gasteiger partial charge in [0.15, 0.2) is 0 Å². The summed E-state index contributed by atoms with van der Waals surface area (Å²) < 4.78 is 26.5. The maximum atomic E-state index is 12.5. The second-order valence-corrected chi connectivity index (χ2v) is 8.62. The summed E-state index contributed by atoms with van der Waals surface area (Å²) in [4.78, 5) is 12.5. The number of hydrogen-bond donors (Lipinski definition) is 1. The van der Waals surface area contributed by atoms with Gasteiger partial charge in [-0.2, -0.15) is 4.31 Å². The SMILES string of the molecule is CN(NC(=O)C1CCN(S(=O)(=O)/C=C/c2ccccc2)CC1)c1ccccc1. The van der Waals surface area contributed by atoms with E-state index in [0.29, 0.717) is 25.9 Å². The Hall–Kier alpha value is -2.64. The number of hydrazine groups is 1. The van der Waals surface area contributed by atoms with Gasteiger partial charge in [0.1, 0.15) is 0 Å². The number of anilines is 1. The van der Waals surface area contributed by atoms with Gasteiger partial charge in [0.25, 0.3) is 0 Å². The lowest BCUT2D eigenvalue weighted by Crippen LogP contribution is -2.47. The number of amides is 1. The Morgan fingerprint density at radius 3 is 2.21 bits per heavy atom. The van der Waals surface area contributed by atoms with Crippen LogP contribution in [-0.2, 0) is 14.8 Å². The number of nitrogens with one attached hydrogen (secondary N) is 1. The zero-order valence-electron chi connectivity index (χ0n) is 15.9. The predicted molar refractivity (Wildman–Crippen MR) is 112 cm³/mol. The van der Waals surface area contributed by atoms with Crippen molar-refractivity contribution in [2.45, 2.75) is 12.8 Å². The van der Waals surface area contributed by atoms with E-state index < -0.39 is 10.0 Å². The molecule has 0 unspecified atom stereocenters. The molecule has 0 aliphatic carbocycles. The molecule has 2 aromatic carbocycles. The average Bonchev–Trinajstić information content (AvgIpc) is 2.74. The van der Waals surface area contributed by atoms with Gasteiger partial charge in [0.05, 0.1) is 5.69 Å². The van der Waals surface area contributed by atoms with Gasteiger partial charge in [-0.05, 0) is 36.6 Å². The number of piperidine rings is 1. The molecular weight excluding hydrogens is 374 g/mol. The molecule has 0 atom stereocenters. The molecule has 1 heterocycles. The van der Waals surface area contributed by atoms with Gasteiger partial charge in [0.2, 0.25) is 15.9 Å². The summed E-state index contributed by atoms with van der Waals surface area (Å²) in [7, 11) is -1.69. The van der Waals surface area contributed by atoms with Crippen LogP contribution in [-0.4, -0.2) is 38.8 Å². The van der Waals surface area contributed by atoms with Crippen LogP contribution in [0.2, 0.25) is 0 Å². The Morgan fingerprint density at radius 1 is 1.04 bits per heavy atom. The summed E-state index contributed by atoms with van der Waals surface area (Å²) >= 11 is 0. The molecule has 1 aliphatic heterocycles. The van der Waals surface area contributed by atoms with E-state index in [1.807, 2.05) is 60.7 Å². The molecular formula is C21H25N3O3S. The van der Waals surface area contributed by atoms with Crippen molar-refractivity contribution in [2.24, 2.45) is 5.92 Å². The minimum absolute atomic E-state index is 0.0803. The molecule has 0 spiro atoms. The molecule has 0 radical (unpaired) electrons. The molecule has 0 bridgehead atoms. The Bertz CT molecular complexity index is 906. The summed E-state index contributed by atoms with van der Waals surface area (Å²) in [5.74, 6) is -0.279. The van der Waals surface area contributed by atoms with Gasteiger partial charge in [-0.15, -0.1) is 0 Å². The largest absolute Gasteiger partial charge is 0.289 e. The fourth-order valence-corrected chi connectivity index (χ4v) is 4.38. The topological polar surface area (TPSA) is 69.7 Å². The highest BCUT2D eigenvalue weighted by molar-refractivity contribution is 7.92. The van der Waals surface area contributed by atoms with E-state index in [1.165, 1.54) is 9.71 Å². The molecule has 0 aromatic heterocycles. The summed E-state index contributed by atoms with van der Waals surface area (Å²) in [5.41, 5.74) is 4.61. The van der Waals surface area contributed by atoms with Crippen molar-refractivity contribution in [3.05, 3.63) is 71.6 Å². The molecule has 2 aromatic rings. The lowest BCUT2D eigenvalue weighted by Gasteiger charge is -2.31. The van der Waals surface area contributed by atoms with Crippen molar-refractivity contribution in [3.63, 3.8) is 0 Å². The monoisotopic (exact) mass is 399 g/mol. The minimum atomic E-state index is -3.49. The van der Waals surface area contributed by atoms with E-state index in [-0.39, 0.29) is 11.8 Å². The molecule has 148 valence electrons. The van der Waals surface area contributed by atoms with Gasteiger partial charge >= 0.3 is 0 Å². The first-order chi connectivity index (χ1) is 13.5. The van der Waals surface area contributed by atoms with Gasteiger partial charge in [-0.1, -0.05) is 48.5 Å². The lowest BCUT2D eigenvalue weighted by molar-refractivity contribution is -0.126. The lowest BCUT2D eigenvalue weighted by atomic mass is 9.97. The van der Waals surface area contributed by atoms with Crippen LogP contribution in [0.3, 0.4) is 0 Å². The first-order valence-corrected chi connectivity index (χ1v) is 10.8. The molecule has 1 saturated heterocycles. The molecule has 3 rings (SSSR count). The average molecular weight is 400 g/mol. The van der Waals surface area contributed by atoms with Crippen molar-refractivity contribution in [3.8, 4) is 0 Å². The second kappa shape index (κ2) is 9.03. The third-order valence-electron chi connectivity index (χ3n) is 4.84. The number of hydrogen-bond acceptors (Lipinski definition) is 4. The number of sulfonamides is 1. The fourth-order valence-electron chi connectivity index (χ4n) is 3.16. The van der Waals surface area contributed by atoms with Crippen LogP contribution in [0.4, 0.5) is 5.69 Å². The third kappa shape index (κ3) is 5.21. The van der Waals surface area contributed by atoms with E-state index in [2.05, 4.69) is 5.43 Å². The first-order valence-electron chi connectivity index (χ1n) is 9.28. The van der Waals surface area contributed by atoms with Crippen LogP contribution in [0.5, 0.6) is 0 Å². The zero-order valence-corrected chi connectivity index (χ0v) is 16.7. The molecule has 0 saturated carbocycles. The number of para-hydroxylation sites is 1. The highest BCUT2D eigenvalue weighted by atomic mass is 32.2. The standard InChI is InChI=1S/C21H25N3O3S/c1-23(20-10-6-3-7-11-20)22-21(25)19-12-15-24(16-13-19)28(26,27)17-14-18-8-4-2-5-9-18/h2-11,14,17,19H,12-13,15-16H2,1H3,(H,22,25)/b17-14+. The van der Waals surface area contributed by atoms with E-state index in [1.54, 1.807) is 18.1 Å². The van der Waals surface area contributed by atoms with E-state index in [9.17, 15) is 13.2 Å². The number of carbonyl (C=O) groups excluding carboxylic acids is 1. The first kappa shape index (κ1) is 20.1. The van der Waals surface area contributed by atoms with E-state index in [4.69, 9.17) is 0 Å². The van der Waals surface area contributed by atoms with Crippen molar-refractivity contribution < 1.29 is 13.2 Å². The molecule has 1 aliphatic rings. The van der Waals surface area contributed by atoms with Crippen LogP contribution in [0.1, 0.15) is 18.4 Å². The van der Waals surface area contributed by atoms with Crippen LogP contribution in [0.15, 0.2) is 66.1 Å². The van der Waals surface area contributed by atoms with Gasteiger partial charge in [-0.25, -0.2) is 8.42 Å².